The number of aliphatic hydroxyl groups excluding tert-OH is 1. The van der Waals surface area contributed by atoms with Crippen LogP contribution in [0.3, 0.4) is 0 Å². The fourth-order valence-corrected chi connectivity index (χ4v) is 1.85. The van der Waals surface area contributed by atoms with Crippen LogP contribution in [0.5, 0.6) is 0 Å². The molecule has 0 aliphatic heterocycles. The van der Waals surface area contributed by atoms with Crippen LogP contribution in [0.2, 0.25) is 0 Å². The molecule has 4 nitrogen and oxygen atoms in total. The van der Waals surface area contributed by atoms with E-state index in [1.165, 1.54) is 0 Å². The molecule has 1 amide bonds. The van der Waals surface area contributed by atoms with Crippen molar-refractivity contribution in [2.75, 3.05) is 20.3 Å². The largest absolute Gasteiger partial charge is 0.396 e. The molecule has 1 rings (SSSR count). The van der Waals surface area contributed by atoms with Gasteiger partial charge in [-0.15, -0.1) is 0 Å². The van der Waals surface area contributed by atoms with Gasteiger partial charge in [0.15, 0.2) is 0 Å². The van der Waals surface area contributed by atoms with E-state index in [0.29, 0.717) is 18.6 Å². The molecule has 0 fully saturated rings. The fraction of sp³-hybridized carbons (Fsp3) is 0.417. The fourth-order valence-electron chi connectivity index (χ4n) is 1.45. The maximum atomic E-state index is 11.9. The van der Waals surface area contributed by atoms with E-state index in [9.17, 15) is 4.79 Å². The lowest BCUT2D eigenvalue weighted by molar-refractivity contribution is 0.0878. The molecule has 0 aliphatic carbocycles. The Balaban J connectivity index is 2.63. The summed E-state index contributed by atoms with van der Waals surface area (Å²) in [4.78, 5) is 11.9. The predicted octanol–water partition coefficient (Wildman–Crippen LogP) is 1.58. The van der Waals surface area contributed by atoms with Crippen molar-refractivity contribution in [1.29, 1.82) is 0 Å². The summed E-state index contributed by atoms with van der Waals surface area (Å²) in [5.41, 5.74) is 0.582. The minimum Gasteiger partial charge on any atom is -0.396 e. The quantitative estimate of drug-likeness (QED) is 0.839. The first-order valence-electron chi connectivity index (χ1n) is 5.33. The molecule has 0 saturated heterocycles. The van der Waals surface area contributed by atoms with Gasteiger partial charge in [-0.05, 0) is 24.6 Å². The zero-order chi connectivity index (χ0) is 12.7. The van der Waals surface area contributed by atoms with Gasteiger partial charge in [0.25, 0.3) is 5.91 Å². The Hall–Kier alpha value is -0.910. The molecule has 0 saturated carbocycles. The van der Waals surface area contributed by atoms with Gasteiger partial charge in [-0.25, -0.2) is 0 Å². The molecule has 0 spiro atoms. The summed E-state index contributed by atoms with van der Waals surface area (Å²) >= 11 is 3.31. The van der Waals surface area contributed by atoms with Gasteiger partial charge in [-0.3, -0.25) is 4.79 Å². The first kappa shape index (κ1) is 14.2. The Kier molecular flexibility index (Phi) is 6.18. The Bertz CT molecular complexity index is 365. The van der Waals surface area contributed by atoms with Crippen LogP contribution < -0.4 is 5.32 Å². The maximum Gasteiger partial charge on any atom is 0.251 e. The summed E-state index contributed by atoms with van der Waals surface area (Å²) in [6.07, 6.45) is 0.480. The van der Waals surface area contributed by atoms with Crippen LogP contribution >= 0.6 is 15.9 Å². The number of ether oxygens (including phenoxy) is 1. The number of hydrogen-bond acceptors (Lipinski definition) is 3. The number of halogens is 1. The number of amides is 1. The molecule has 1 aromatic rings. The molecule has 1 unspecified atom stereocenters. The van der Waals surface area contributed by atoms with Crippen LogP contribution in [0.4, 0.5) is 0 Å². The lowest BCUT2D eigenvalue weighted by atomic mass is 10.1. The molecular formula is C12H16BrNO3. The molecule has 0 aromatic heterocycles. The van der Waals surface area contributed by atoms with E-state index in [2.05, 4.69) is 21.2 Å². The number of methoxy groups -OCH3 is 1. The van der Waals surface area contributed by atoms with Gasteiger partial charge in [0.05, 0.1) is 12.6 Å². The topological polar surface area (TPSA) is 58.6 Å². The van der Waals surface area contributed by atoms with Crippen LogP contribution in [-0.4, -0.2) is 37.4 Å². The first-order chi connectivity index (χ1) is 8.17. The van der Waals surface area contributed by atoms with Crippen molar-refractivity contribution in [3.63, 3.8) is 0 Å². The van der Waals surface area contributed by atoms with Crippen molar-refractivity contribution in [2.24, 2.45) is 0 Å². The number of hydrogen-bond donors (Lipinski definition) is 2. The van der Waals surface area contributed by atoms with Gasteiger partial charge in [-0.1, -0.05) is 22.0 Å². The second-order valence-electron chi connectivity index (χ2n) is 3.65. The molecule has 94 valence electrons. The first-order valence-corrected chi connectivity index (χ1v) is 6.13. The minimum absolute atomic E-state index is 0.0206. The second kappa shape index (κ2) is 7.42. The molecule has 5 heteroatoms. The third-order valence-electron chi connectivity index (χ3n) is 2.27. The lowest BCUT2D eigenvalue weighted by Crippen LogP contribution is -2.38. The highest BCUT2D eigenvalue weighted by Crippen LogP contribution is 2.11. The number of aliphatic hydroxyl groups is 1. The monoisotopic (exact) mass is 301 g/mol. The van der Waals surface area contributed by atoms with Gasteiger partial charge in [0.1, 0.15) is 0 Å². The number of carbonyl (C=O) groups is 1. The van der Waals surface area contributed by atoms with Crippen molar-refractivity contribution in [2.45, 2.75) is 12.5 Å². The summed E-state index contributed by atoms with van der Waals surface area (Å²) in [6.45, 7) is 0.410. The molecule has 1 atom stereocenters. The van der Waals surface area contributed by atoms with E-state index >= 15 is 0 Å². The molecular weight excluding hydrogens is 286 g/mol. The standard InChI is InChI=1S/C12H16BrNO3/c1-17-8-11(5-6-15)14-12(16)9-3-2-4-10(13)7-9/h2-4,7,11,15H,5-6,8H2,1H3,(H,14,16). The molecule has 0 radical (unpaired) electrons. The minimum atomic E-state index is -0.170. The van der Waals surface area contributed by atoms with E-state index in [4.69, 9.17) is 9.84 Å². The van der Waals surface area contributed by atoms with Gasteiger partial charge in [-0.2, -0.15) is 0 Å². The van der Waals surface area contributed by atoms with Crippen molar-refractivity contribution in [3.05, 3.63) is 34.3 Å². The van der Waals surface area contributed by atoms with Gasteiger partial charge in [0, 0.05) is 23.8 Å². The Morgan fingerprint density at radius 2 is 2.35 bits per heavy atom. The van der Waals surface area contributed by atoms with Crippen molar-refractivity contribution >= 4 is 21.8 Å². The van der Waals surface area contributed by atoms with E-state index in [1.54, 1.807) is 25.3 Å². The third-order valence-corrected chi connectivity index (χ3v) is 2.76. The van der Waals surface area contributed by atoms with Crippen molar-refractivity contribution in [3.8, 4) is 0 Å². The number of nitrogens with one attached hydrogen (secondary N) is 1. The van der Waals surface area contributed by atoms with E-state index in [1.807, 2.05) is 6.07 Å². The van der Waals surface area contributed by atoms with E-state index < -0.39 is 0 Å². The van der Waals surface area contributed by atoms with E-state index in [-0.39, 0.29) is 18.6 Å². The number of benzene rings is 1. The Morgan fingerprint density at radius 3 is 2.94 bits per heavy atom. The van der Waals surface area contributed by atoms with Gasteiger partial charge >= 0.3 is 0 Å². The molecule has 0 bridgehead atoms. The third kappa shape index (κ3) is 4.85. The smallest absolute Gasteiger partial charge is 0.251 e. The number of carbonyl (C=O) groups excluding carboxylic acids is 1. The zero-order valence-electron chi connectivity index (χ0n) is 9.65. The predicted molar refractivity (Wildman–Crippen MR) is 69.0 cm³/mol. The van der Waals surface area contributed by atoms with Gasteiger partial charge < -0.3 is 15.2 Å². The van der Waals surface area contributed by atoms with Crippen LogP contribution in [0.1, 0.15) is 16.8 Å². The summed E-state index contributed by atoms with van der Waals surface area (Å²) in [6, 6.07) is 6.98. The lowest BCUT2D eigenvalue weighted by Gasteiger charge is -2.16. The number of rotatable bonds is 6. The van der Waals surface area contributed by atoms with E-state index in [0.717, 1.165) is 4.47 Å². The van der Waals surface area contributed by atoms with Crippen molar-refractivity contribution in [1.82, 2.24) is 5.32 Å². The van der Waals surface area contributed by atoms with Gasteiger partial charge in [0.2, 0.25) is 0 Å². The highest BCUT2D eigenvalue weighted by atomic mass is 79.9. The second-order valence-corrected chi connectivity index (χ2v) is 4.56. The molecule has 0 heterocycles. The maximum absolute atomic E-state index is 11.9. The summed E-state index contributed by atoms with van der Waals surface area (Å²) in [5.74, 6) is -0.165. The van der Waals surface area contributed by atoms with Crippen LogP contribution in [0.25, 0.3) is 0 Å². The molecule has 17 heavy (non-hydrogen) atoms. The Morgan fingerprint density at radius 1 is 1.59 bits per heavy atom. The zero-order valence-corrected chi connectivity index (χ0v) is 11.2. The van der Waals surface area contributed by atoms with Crippen molar-refractivity contribution < 1.29 is 14.6 Å². The Labute approximate surface area is 109 Å². The summed E-state index contributed by atoms with van der Waals surface area (Å²) < 4.78 is 5.84. The normalized spacial score (nSPS) is 12.2. The highest BCUT2D eigenvalue weighted by molar-refractivity contribution is 9.10. The average Bonchev–Trinajstić information content (AvgIpc) is 2.29. The molecule has 0 aliphatic rings. The molecule has 1 aromatic carbocycles. The highest BCUT2D eigenvalue weighted by Gasteiger charge is 2.13. The average molecular weight is 302 g/mol. The van der Waals surface area contributed by atoms with Crippen LogP contribution in [0.15, 0.2) is 28.7 Å². The summed E-state index contributed by atoms with van der Waals surface area (Å²) in [5, 5.41) is 11.7. The molecule has 2 N–H and O–H groups in total. The van der Waals surface area contributed by atoms with Crippen LogP contribution in [-0.2, 0) is 4.74 Å². The summed E-state index contributed by atoms with van der Waals surface area (Å²) in [7, 11) is 1.57. The SMILES string of the molecule is COCC(CCO)NC(=O)c1cccc(Br)c1. The van der Waals surface area contributed by atoms with Crippen LogP contribution in [0, 0.1) is 0 Å².